The molecular weight excluding hydrogens is 430 g/mol. The highest BCUT2D eigenvalue weighted by Gasteiger charge is 2.20. The molecule has 0 aliphatic carbocycles. The third-order valence-electron chi connectivity index (χ3n) is 4.77. The van der Waals surface area contributed by atoms with Crippen molar-refractivity contribution in [3.05, 3.63) is 78.3 Å². The van der Waals surface area contributed by atoms with Gasteiger partial charge in [0.05, 0.1) is 23.8 Å². The van der Waals surface area contributed by atoms with Crippen LogP contribution in [-0.2, 0) is 10.0 Å². The monoisotopic (exact) mass is 457 g/mol. The number of ether oxygens (including phenoxy) is 1. The quantitative estimate of drug-likeness (QED) is 0.483. The SMILES string of the molecule is CCOc1ccc(NS(=O)(=O)c2cccc(C(=O)NCC(c3ccco3)N(C)C)c2)cc1. The van der Waals surface area contributed by atoms with Gasteiger partial charge in [0.25, 0.3) is 15.9 Å². The summed E-state index contributed by atoms with van der Waals surface area (Å²) in [6, 6.07) is 16.0. The van der Waals surface area contributed by atoms with Gasteiger partial charge in [0, 0.05) is 17.8 Å². The van der Waals surface area contributed by atoms with Crippen LogP contribution in [0.4, 0.5) is 5.69 Å². The van der Waals surface area contributed by atoms with Gasteiger partial charge in [0.1, 0.15) is 11.5 Å². The molecule has 1 heterocycles. The van der Waals surface area contributed by atoms with Crippen LogP contribution in [0, 0.1) is 0 Å². The number of hydrogen-bond donors (Lipinski definition) is 2. The zero-order valence-corrected chi connectivity index (χ0v) is 19.1. The van der Waals surface area contributed by atoms with E-state index in [1.165, 1.54) is 18.2 Å². The van der Waals surface area contributed by atoms with Crippen molar-refractivity contribution in [3.8, 4) is 5.75 Å². The maximum atomic E-state index is 12.8. The molecule has 0 aliphatic rings. The number of nitrogens with one attached hydrogen (secondary N) is 2. The van der Waals surface area contributed by atoms with E-state index in [0.717, 1.165) is 5.76 Å². The van der Waals surface area contributed by atoms with Crippen molar-refractivity contribution in [2.45, 2.75) is 17.9 Å². The molecule has 1 unspecified atom stereocenters. The number of anilines is 1. The fourth-order valence-corrected chi connectivity index (χ4v) is 4.22. The minimum Gasteiger partial charge on any atom is -0.494 e. The summed E-state index contributed by atoms with van der Waals surface area (Å²) in [4.78, 5) is 14.6. The Bertz CT molecular complexity index is 1130. The molecule has 3 aromatic rings. The average Bonchev–Trinajstić information content (AvgIpc) is 3.29. The third kappa shape index (κ3) is 5.89. The van der Waals surface area contributed by atoms with E-state index in [1.807, 2.05) is 32.0 Å². The van der Waals surface area contributed by atoms with E-state index in [1.54, 1.807) is 42.7 Å². The van der Waals surface area contributed by atoms with E-state index in [-0.39, 0.29) is 22.4 Å². The second kappa shape index (κ2) is 10.3. The van der Waals surface area contributed by atoms with Crippen LogP contribution in [0.15, 0.2) is 76.2 Å². The predicted octanol–water partition coefficient (Wildman–Crippen LogP) is 3.51. The summed E-state index contributed by atoms with van der Waals surface area (Å²) < 4.78 is 38.9. The Morgan fingerprint density at radius 1 is 1.09 bits per heavy atom. The lowest BCUT2D eigenvalue weighted by molar-refractivity contribution is 0.0939. The van der Waals surface area contributed by atoms with Gasteiger partial charge in [-0.05, 0) is 75.6 Å². The van der Waals surface area contributed by atoms with Crippen molar-refractivity contribution in [1.82, 2.24) is 10.2 Å². The third-order valence-corrected chi connectivity index (χ3v) is 6.15. The predicted molar refractivity (Wildman–Crippen MR) is 122 cm³/mol. The van der Waals surface area contributed by atoms with Crippen LogP contribution in [0.5, 0.6) is 5.75 Å². The van der Waals surface area contributed by atoms with E-state index in [9.17, 15) is 13.2 Å². The normalized spacial score (nSPS) is 12.4. The Balaban J connectivity index is 1.70. The Morgan fingerprint density at radius 3 is 2.47 bits per heavy atom. The largest absolute Gasteiger partial charge is 0.494 e. The van der Waals surface area contributed by atoms with Gasteiger partial charge in [-0.15, -0.1) is 0 Å². The highest BCUT2D eigenvalue weighted by molar-refractivity contribution is 7.92. The molecular formula is C23H27N3O5S. The van der Waals surface area contributed by atoms with Gasteiger partial charge in [-0.25, -0.2) is 8.42 Å². The molecule has 170 valence electrons. The highest BCUT2D eigenvalue weighted by Crippen LogP contribution is 2.21. The molecule has 0 fully saturated rings. The van der Waals surface area contributed by atoms with Crippen LogP contribution >= 0.6 is 0 Å². The van der Waals surface area contributed by atoms with Crippen molar-refractivity contribution < 1.29 is 22.4 Å². The molecule has 0 saturated heterocycles. The topological polar surface area (TPSA) is 101 Å². The lowest BCUT2D eigenvalue weighted by Gasteiger charge is -2.22. The van der Waals surface area contributed by atoms with Crippen LogP contribution in [0.1, 0.15) is 29.1 Å². The van der Waals surface area contributed by atoms with E-state index in [4.69, 9.17) is 9.15 Å². The number of hydrogen-bond acceptors (Lipinski definition) is 6. The fourth-order valence-electron chi connectivity index (χ4n) is 3.11. The molecule has 0 radical (unpaired) electrons. The maximum Gasteiger partial charge on any atom is 0.261 e. The summed E-state index contributed by atoms with van der Waals surface area (Å²) in [5, 5.41) is 2.85. The summed E-state index contributed by atoms with van der Waals surface area (Å²) in [5.41, 5.74) is 0.645. The van der Waals surface area contributed by atoms with Crippen molar-refractivity contribution in [3.63, 3.8) is 0 Å². The van der Waals surface area contributed by atoms with Crippen molar-refractivity contribution in [2.24, 2.45) is 0 Å². The van der Waals surface area contributed by atoms with Crippen molar-refractivity contribution in [1.29, 1.82) is 0 Å². The molecule has 8 nitrogen and oxygen atoms in total. The van der Waals surface area contributed by atoms with Gasteiger partial charge in [0.2, 0.25) is 0 Å². The summed E-state index contributed by atoms with van der Waals surface area (Å²) >= 11 is 0. The van der Waals surface area contributed by atoms with E-state index >= 15 is 0 Å². The Kier molecular flexibility index (Phi) is 7.55. The summed E-state index contributed by atoms with van der Waals surface area (Å²) in [5.74, 6) is 1.01. The smallest absolute Gasteiger partial charge is 0.261 e. The molecule has 1 amide bonds. The first kappa shape index (κ1) is 23.4. The number of nitrogens with zero attached hydrogens (tertiary/aromatic N) is 1. The molecule has 1 aromatic heterocycles. The number of carbonyl (C=O) groups is 1. The number of likely N-dealkylation sites (N-methyl/N-ethyl adjacent to an activating group) is 1. The van der Waals surface area contributed by atoms with Gasteiger partial charge in [0.15, 0.2) is 0 Å². The molecule has 0 bridgehead atoms. The van der Waals surface area contributed by atoms with Crippen LogP contribution in [0.25, 0.3) is 0 Å². The first-order chi connectivity index (χ1) is 15.3. The van der Waals surface area contributed by atoms with Crippen molar-refractivity contribution in [2.75, 3.05) is 32.0 Å². The molecule has 32 heavy (non-hydrogen) atoms. The van der Waals surface area contributed by atoms with Gasteiger partial charge in [-0.2, -0.15) is 0 Å². The standard InChI is InChI=1S/C23H27N3O5S/c1-4-30-19-12-10-18(11-13-19)25-32(28,29)20-8-5-7-17(15-20)23(27)24-16-21(26(2)3)22-9-6-14-31-22/h5-15,21,25H,4,16H2,1-3H3,(H,24,27). The molecule has 0 spiro atoms. The van der Waals surface area contributed by atoms with E-state index in [2.05, 4.69) is 10.0 Å². The summed E-state index contributed by atoms with van der Waals surface area (Å²) in [7, 11) is -0.0927. The Hall–Kier alpha value is -3.30. The first-order valence-corrected chi connectivity index (χ1v) is 11.6. The Labute approximate surface area is 188 Å². The fraction of sp³-hybridized carbons (Fsp3) is 0.261. The molecule has 2 aromatic carbocycles. The number of rotatable bonds is 10. The van der Waals surface area contributed by atoms with Gasteiger partial charge in [-0.1, -0.05) is 6.07 Å². The van der Waals surface area contributed by atoms with Crippen LogP contribution in [-0.4, -0.2) is 46.5 Å². The molecule has 3 rings (SSSR count). The zero-order valence-electron chi connectivity index (χ0n) is 18.2. The van der Waals surface area contributed by atoms with E-state index < -0.39 is 10.0 Å². The van der Waals surface area contributed by atoms with Crippen LogP contribution in [0.2, 0.25) is 0 Å². The number of furan rings is 1. The lowest BCUT2D eigenvalue weighted by Crippen LogP contribution is -2.34. The van der Waals surface area contributed by atoms with Gasteiger partial charge >= 0.3 is 0 Å². The van der Waals surface area contributed by atoms with Gasteiger partial charge < -0.3 is 14.5 Å². The maximum absolute atomic E-state index is 12.8. The zero-order chi connectivity index (χ0) is 23.1. The summed E-state index contributed by atoms with van der Waals surface area (Å²) in [6.45, 7) is 2.70. The molecule has 9 heteroatoms. The summed E-state index contributed by atoms with van der Waals surface area (Å²) in [6.07, 6.45) is 1.58. The van der Waals surface area contributed by atoms with Crippen LogP contribution < -0.4 is 14.8 Å². The Morgan fingerprint density at radius 2 is 1.84 bits per heavy atom. The van der Waals surface area contributed by atoms with Gasteiger partial charge in [-0.3, -0.25) is 14.4 Å². The average molecular weight is 458 g/mol. The second-order valence-corrected chi connectivity index (χ2v) is 8.98. The first-order valence-electron chi connectivity index (χ1n) is 10.1. The number of sulfonamides is 1. The number of benzene rings is 2. The molecule has 2 N–H and O–H groups in total. The molecule has 0 saturated carbocycles. The van der Waals surface area contributed by atoms with Crippen LogP contribution in [0.3, 0.4) is 0 Å². The second-order valence-electron chi connectivity index (χ2n) is 7.30. The minimum absolute atomic E-state index is 0.00534. The lowest BCUT2D eigenvalue weighted by atomic mass is 10.2. The molecule has 0 aliphatic heterocycles. The molecule has 1 atom stereocenters. The highest BCUT2D eigenvalue weighted by atomic mass is 32.2. The minimum atomic E-state index is -3.87. The van der Waals surface area contributed by atoms with E-state index in [0.29, 0.717) is 24.6 Å². The number of carbonyl (C=O) groups excluding carboxylic acids is 1. The number of amides is 1. The van der Waals surface area contributed by atoms with Crippen molar-refractivity contribution >= 4 is 21.6 Å².